The molecule has 1 N–H and O–H groups in total. The third-order valence-corrected chi connectivity index (χ3v) is 5.00. The number of rotatable bonds is 4. The van der Waals surface area contributed by atoms with Crippen LogP contribution in [-0.4, -0.2) is 33.7 Å². The van der Waals surface area contributed by atoms with E-state index in [0.29, 0.717) is 5.56 Å². The standard InChI is InChI=1S/C19H18N2O3S/c1-13(14-8-4-2-5-9-14)20-17(22)16-12-25-19(24)21(16)18(23)15-10-6-3-7-11-15/h2-11,13,16H,12H2,1H3,(H,20,22)/t13-,16+/m1/s1. The molecule has 1 fully saturated rings. The van der Waals surface area contributed by atoms with Gasteiger partial charge in [0.05, 0.1) is 6.04 Å². The van der Waals surface area contributed by atoms with Gasteiger partial charge in [0, 0.05) is 11.3 Å². The lowest BCUT2D eigenvalue weighted by molar-refractivity contribution is -0.124. The molecule has 5 nitrogen and oxygen atoms in total. The molecule has 0 spiro atoms. The Morgan fingerprint density at radius 3 is 2.32 bits per heavy atom. The maximum absolute atomic E-state index is 12.7. The number of thioether (sulfide) groups is 1. The molecule has 0 aliphatic carbocycles. The van der Waals surface area contributed by atoms with Crippen molar-refractivity contribution in [3.8, 4) is 0 Å². The highest BCUT2D eigenvalue weighted by Crippen LogP contribution is 2.26. The lowest BCUT2D eigenvalue weighted by Crippen LogP contribution is -2.48. The fourth-order valence-electron chi connectivity index (χ4n) is 2.69. The Balaban J connectivity index is 1.75. The summed E-state index contributed by atoms with van der Waals surface area (Å²) in [5, 5.41) is 2.51. The van der Waals surface area contributed by atoms with Crippen molar-refractivity contribution in [3.05, 3.63) is 71.8 Å². The molecule has 0 aromatic heterocycles. The first-order valence-corrected chi connectivity index (χ1v) is 8.97. The van der Waals surface area contributed by atoms with Crippen LogP contribution in [0.3, 0.4) is 0 Å². The molecule has 0 saturated carbocycles. The number of hydrogen-bond donors (Lipinski definition) is 1. The molecule has 2 atom stereocenters. The Hall–Kier alpha value is -2.60. The summed E-state index contributed by atoms with van der Waals surface area (Å²) >= 11 is 0.993. The normalized spacial score (nSPS) is 18.0. The topological polar surface area (TPSA) is 66.5 Å². The van der Waals surface area contributed by atoms with Gasteiger partial charge < -0.3 is 5.32 Å². The summed E-state index contributed by atoms with van der Waals surface area (Å²) in [5.41, 5.74) is 1.36. The highest BCUT2D eigenvalue weighted by atomic mass is 32.2. The van der Waals surface area contributed by atoms with Crippen molar-refractivity contribution in [2.45, 2.75) is 19.0 Å². The van der Waals surface area contributed by atoms with E-state index in [2.05, 4.69) is 5.32 Å². The van der Waals surface area contributed by atoms with E-state index in [1.807, 2.05) is 37.3 Å². The first-order valence-electron chi connectivity index (χ1n) is 7.98. The summed E-state index contributed by atoms with van der Waals surface area (Å²) in [4.78, 5) is 38.5. The Morgan fingerprint density at radius 2 is 1.68 bits per heavy atom. The lowest BCUT2D eigenvalue weighted by Gasteiger charge is -2.23. The first kappa shape index (κ1) is 17.2. The van der Waals surface area contributed by atoms with Crippen molar-refractivity contribution in [2.24, 2.45) is 0 Å². The van der Waals surface area contributed by atoms with Crippen LogP contribution in [0.5, 0.6) is 0 Å². The number of benzene rings is 2. The number of imide groups is 1. The quantitative estimate of drug-likeness (QED) is 0.915. The summed E-state index contributed by atoms with van der Waals surface area (Å²) in [7, 11) is 0. The molecule has 2 aromatic carbocycles. The summed E-state index contributed by atoms with van der Waals surface area (Å²) < 4.78 is 0. The van der Waals surface area contributed by atoms with Crippen LogP contribution in [0.1, 0.15) is 28.9 Å². The monoisotopic (exact) mass is 354 g/mol. The molecule has 0 bridgehead atoms. The predicted molar refractivity (Wildman–Crippen MR) is 97.3 cm³/mol. The van der Waals surface area contributed by atoms with Gasteiger partial charge in [-0.15, -0.1) is 0 Å². The van der Waals surface area contributed by atoms with Crippen LogP contribution >= 0.6 is 11.8 Å². The highest BCUT2D eigenvalue weighted by molar-refractivity contribution is 8.14. The van der Waals surface area contributed by atoms with E-state index in [4.69, 9.17) is 0 Å². The zero-order valence-corrected chi connectivity index (χ0v) is 14.5. The van der Waals surface area contributed by atoms with E-state index in [0.717, 1.165) is 22.2 Å². The molecular formula is C19H18N2O3S. The molecule has 2 aromatic rings. The van der Waals surface area contributed by atoms with Crippen molar-refractivity contribution in [2.75, 3.05) is 5.75 Å². The molecule has 0 radical (unpaired) electrons. The number of hydrogen-bond acceptors (Lipinski definition) is 4. The number of carbonyl (C=O) groups is 3. The van der Waals surface area contributed by atoms with Gasteiger partial charge in [0.1, 0.15) is 6.04 Å². The maximum atomic E-state index is 12.7. The van der Waals surface area contributed by atoms with Crippen molar-refractivity contribution in [1.29, 1.82) is 0 Å². The van der Waals surface area contributed by atoms with Gasteiger partial charge in [-0.25, -0.2) is 0 Å². The first-order chi connectivity index (χ1) is 12.1. The second-order valence-corrected chi connectivity index (χ2v) is 6.75. The Kier molecular flexibility index (Phi) is 5.19. The molecule has 0 unspecified atom stereocenters. The fraction of sp³-hybridized carbons (Fsp3) is 0.211. The molecule has 6 heteroatoms. The number of nitrogens with zero attached hydrogens (tertiary/aromatic N) is 1. The van der Waals surface area contributed by atoms with Gasteiger partial charge in [-0.3, -0.25) is 19.3 Å². The number of nitrogens with one attached hydrogen (secondary N) is 1. The molecular weight excluding hydrogens is 336 g/mol. The van der Waals surface area contributed by atoms with Crippen LogP contribution in [0.25, 0.3) is 0 Å². The van der Waals surface area contributed by atoms with Gasteiger partial charge in [0.25, 0.3) is 11.1 Å². The van der Waals surface area contributed by atoms with Crippen LogP contribution in [0.2, 0.25) is 0 Å². The van der Waals surface area contributed by atoms with Crippen LogP contribution in [0, 0.1) is 0 Å². The minimum absolute atomic E-state index is 0.205. The van der Waals surface area contributed by atoms with Crippen LogP contribution in [-0.2, 0) is 4.79 Å². The molecule has 1 aliphatic heterocycles. The zero-order valence-electron chi connectivity index (χ0n) is 13.7. The van der Waals surface area contributed by atoms with Crippen molar-refractivity contribution >= 4 is 28.8 Å². The Morgan fingerprint density at radius 1 is 1.08 bits per heavy atom. The van der Waals surface area contributed by atoms with Gasteiger partial charge in [0.2, 0.25) is 5.91 Å². The second kappa shape index (κ2) is 7.53. The average Bonchev–Trinajstić information content (AvgIpc) is 3.04. The summed E-state index contributed by atoms with van der Waals surface area (Å²) in [5.74, 6) is -0.493. The summed E-state index contributed by atoms with van der Waals surface area (Å²) in [6.45, 7) is 1.88. The molecule has 3 rings (SSSR count). The number of amides is 3. The largest absolute Gasteiger partial charge is 0.348 e. The van der Waals surface area contributed by atoms with Gasteiger partial charge in [-0.05, 0) is 24.6 Å². The highest BCUT2D eigenvalue weighted by Gasteiger charge is 2.41. The van der Waals surface area contributed by atoms with E-state index >= 15 is 0 Å². The summed E-state index contributed by atoms with van der Waals surface area (Å²) in [6, 6.07) is 17.1. The van der Waals surface area contributed by atoms with Crippen LogP contribution < -0.4 is 5.32 Å². The maximum Gasteiger partial charge on any atom is 0.289 e. The van der Waals surface area contributed by atoms with Crippen molar-refractivity contribution < 1.29 is 14.4 Å². The van der Waals surface area contributed by atoms with E-state index in [9.17, 15) is 14.4 Å². The predicted octanol–water partition coefficient (Wildman–Crippen LogP) is 3.24. The molecule has 1 aliphatic rings. The van der Waals surface area contributed by atoms with Crippen LogP contribution in [0.15, 0.2) is 60.7 Å². The summed E-state index contributed by atoms with van der Waals surface area (Å²) in [6.07, 6.45) is 0. The Bertz CT molecular complexity index is 780. The van der Waals surface area contributed by atoms with Crippen LogP contribution in [0.4, 0.5) is 4.79 Å². The van der Waals surface area contributed by atoms with E-state index in [1.165, 1.54) is 0 Å². The molecule has 25 heavy (non-hydrogen) atoms. The minimum Gasteiger partial charge on any atom is -0.348 e. The van der Waals surface area contributed by atoms with Gasteiger partial charge >= 0.3 is 0 Å². The zero-order chi connectivity index (χ0) is 17.8. The Labute approximate surface area is 150 Å². The van der Waals surface area contributed by atoms with E-state index < -0.39 is 11.9 Å². The van der Waals surface area contributed by atoms with E-state index in [1.54, 1.807) is 30.3 Å². The lowest BCUT2D eigenvalue weighted by atomic mass is 10.1. The molecule has 1 heterocycles. The average molecular weight is 354 g/mol. The molecule has 128 valence electrons. The third-order valence-electron chi connectivity index (χ3n) is 4.07. The fourth-order valence-corrected chi connectivity index (χ4v) is 3.64. The van der Waals surface area contributed by atoms with Crippen molar-refractivity contribution in [1.82, 2.24) is 10.2 Å². The van der Waals surface area contributed by atoms with Gasteiger partial charge in [-0.1, -0.05) is 60.3 Å². The van der Waals surface area contributed by atoms with Gasteiger partial charge in [-0.2, -0.15) is 0 Å². The SMILES string of the molecule is C[C@@H](NC(=O)[C@@H]1CSC(=O)N1C(=O)c1ccccc1)c1ccccc1. The molecule has 3 amide bonds. The second-order valence-electron chi connectivity index (χ2n) is 5.77. The molecule has 1 saturated heterocycles. The third kappa shape index (κ3) is 3.74. The van der Waals surface area contributed by atoms with Gasteiger partial charge in [0.15, 0.2) is 0 Å². The smallest absolute Gasteiger partial charge is 0.289 e. The minimum atomic E-state index is -0.795. The van der Waals surface area contributed by atoms with E-state index in [-0.39, 0.29) is 22.9 Å². The van der Waals surface area contributed by atoms with Crippen molar-refractivity contribution in [3.63, 3.8) is 0 Å². The number of carbonyl (C=O) groups excluding carboxylic acids is 3.